The molecule has 1 saturated heterocycles. The summed E-state index contributed by atoms with van der Waals surface area (Å²) >= 11 is 1.93. The van der Waals surface area contributed by atoms with Crippen molar-refractivity contribution in [2.45, 2.75) is 37.6 Å². The summed E-state index contributed by atoms with van der Waals surface area (Å²) in [6.45, 7) is 6.94. The van der Waals surface area contributed by atoms with E-state index in [1.807, 2.05) is 11.8 Å². The minimum atomic E-state index is 0.717. The van der Waals surface area contributed by atoms with E-state index in [0.717, 1.165) is 23.9 Å². The lowest BCUT2D eigenvalue weighted by Crippen LogP contribution is -2.35. The van der Waals surface area contributed by atoms with E-state index in [1.54, 1.807) is 0 Å². The number of likely N-dealkylation sites (tertiary alicyclic amines) is 1. The minimum absolute atomic E-state index is 0.717. The molecule has 3 atom stereocenters. The van der Waals surface area contributed by atoms with Gasteiger partial charge in [-0.2, -0.15) is 11.8 Å². The molecule has 0 amide bonds. The van der Waals surface area contributed by atoms with Gasteiger partial charge in [0.1, 0.15) is 0 Å². The third-order valence-electron chi connectivity index (χ3n) is 2.98. The smallest absolute Gasteiger partial charge is 0.0210 e. The van der Waals surface area contributed by atoms with E-state index < -0.39 is 0 Å². The van der Waals surface area contributed by atoms with Gasteiger partial charge in [0.25, 0.3) is 0 Å². The lowest BCUT2D eigenvalue weighted by molar-refractivity contribution is 0.327. The van der Waals surface area contributed by atoms with E-state index in [9.17, 15) is 0 Å². The molecule has 1 aliphatic rings. The molecule has 78 valence electrons. The van der Waals surface area contributed by atoms with Crippen molar-refractivity contribution in [2.75, 3.05) is 26.4 Å². The topological polar surface area (TPSA) is 15.3 Å². The van der Waals surface area contributed by atoms with E-state index in [4.69, 9.17) is 0 Å². The Labute approximate surface area is 86.5 Å². The van der Waals surface area contributed by atoms with Gasteiger partial charge in [-0.25, -0.2) is 0 Å². The van der Waals surface area contributed by atoms with Gasteiger partial charge in [-0.3, -0.25) is 0 Å². The molecule has 3 unspecified atom stereocenters. The van der Waals surface area contributed by atoms with Crippen molar-refractivity contribution in [1.82, 2.24) is 10.2 Å². The number of nitrogens with one attached hydrogen (secondary N) is 1. The summed E-state index contributed by atoms with van der Waals surface area (Å²) < 4.78 is 0. The van der Waals surface area contributed by atoms with Gasteiger partial charge in [0.2, 0.25) is 0 Å². The Morgan fingerprint density at radius 2 is 2.31 bits per heavy atom. The Bertz CT molecular complexity index is 142. The summed E-state index contributed by atoms with van der Waals surface area (Å²) in [5, 5.41) is 4.37. The zero-order valence-corrected chi connectivity index (χ0v) is 10.0. The van der Waals surface area contributed by atoms with Crippen LogP contribution < -0.4 is 5.32 Å². The Morgan fingerprint density at radius 1 is 1.62 bits per heavy atom. The van der Waals surface area contributed by atoms with Crippen LogP contribution in [-0.2, 0) is 0 Å². The van der Waals surface area contributed by atoms with E-state index in [2.05, 4.69) is 37.4 Å². The van der Waals surface area contributed by atoms with Gasteiger partial charge in [-0.05, 0) is 26.6 Å². The number of hydrogen-bond donors (Lipinski definition) is 1. The first-order chi connectivity index (χ1) is 6.13. The predicted octanol–water partition coefficient (Wildman–Crippen LogP) is 1.42. The Kier molecular flexibility index (Phi) is 4.56. The highest BCUT2D eigenvalue weighted by Crippen LogP contribution is 2.15. The molecule has 0 aromatic rings. The predicted molar refractivity (Wildman–Crippen MR) is 61.5 cm³/mol. The summed E-state index contributed by atoms with van der Waals surface area (Å²) in [4.78, 5) is 2.43. The van der Waals surface area contributed by atoms with Crippen molar-refractivity contribution >= 4 is 11.8 Å². The first-order valence-corrected chi connectivity index (χ1v) is 6.38. The van der Waals surface area contributed by atoms with Crippen molar-refractivity contribution < 1.29 is 0 Å². The highest BCUT2D eigenvalue weighted by molar-refractivity contribution is 7.99. The highest BCUT2D eigenvalue weighted by atomic mass is 32.2. The van der Waals surface area contributed by atoms with Gasteiger partial charge in [-0.15, -0.1) is 0 Å². The van der Waals surface area contributed by atoms with Gasteiger partial charge in [0.15, 0.2) is 0 Å². The zero-order chi connectivity index (χ0) is 9.84. The molecule has 13 heavy (non-hydrogen) atoms. The fourth-order valence-electron chi connectivity index (χ4n) is 1.76. The molecule has 1 N–H and O–H groups in total. The molecule has 0 bridgehead atoms. The first-order valence-electron chi connectivity index (χ1n) is 5.10. The largest absolute Gasteiger partial charge is 0.312 e. The molecule has 1 fully saturated rings. The maximum absolute atomic E-state index is 3.63. The second-order valence-corrected chi connectivity index (χ2v) is 5.45. The Hall–Kier alpha value is 0.270. The Balaban J connectivity index is 2.17. The maximum atomic E-state index is 3.63. The van der Waals surface area contributed by atoms with Crippen LogP contribution in [-0.4, -0.2) is 48.6 Å². The van der Waals surface area contributed by atoms with Crippen LogP contribution in [0.25, 0.3) is 0 Å². The third-order valence-corrected chi connectivity index (χ3v) is 3.95. The molecule has 2 nitrogen and oxygen atoms in total. The maximum Gasteiger partial charge on any atom is 0.0210 e. The van der Waals surface area contributed by atoms with Crippen molar-refractivity contribution in [3.05, 3.63) is 0 Å². The van der Waals surface area contributed by atoms with Crippen molar-refractivity contribution in [2.24, 2.45) is 0 Å². The van der Waals surface area contributed by atoms with Crippen molar-refractivity contribution in [3.63, 3.8) is 0 Å². The fourth-order valence-corrected chi connectivity index (χ4v) is 2.02. The molecular formula is C10H22N2S. The van der Waals surface area contributed by atoms with Crippen LogP contribution in [0, 0.1) is 0 Å². The normalized spacial score (nSPS) is 32.3. The van der Waals surface area contributed by atoms with Crippen LogP contribution in [0.15, 0.2) is 0 Å². The SMILES string of the molecule is CSC(C)CNC1CC(C)N(C)C1. The molecule has 0 aromatic heterocycles. The molecular weight excluding hydrogens is 180 g/mol. The molecule has 1 rings (SSSR count). The van der Waals surface area contributed by atoms with Crippen LogP contribution >= 0.6 is 11.8 Å². The van der Waals surface area contributed by atoms with Crippen LogP contribution in [0.1, 0.15) is 20.3 Å². The van der Waals surface area contributed by atoms with Gasteiger partial charge in [0, 0.05) is 30.4 Å². The van der Waals surface area contributed by atoms with Gasteiger partial charge in [0.05, 0.1) is 0 Å². The van der Waals surface area contributed by atoms with Gasteiger partial charge < -0.3 is 10.2 Å². The molecule has 0 spiro atoms. The van der Waals surface area contributed by atoms with E-state index in [0.29, 0.717) is 0 Å². The average molecular weight is 202 g/mol. The monoisotopic (exact) mass is 202 g/mol. The summed E-state index contributed by atoms with van der Waals surface area (Å²) in [6, 6.07) is 1.47. The number of thioether (sulfide) groups is 1. The molecule has 0 radical (unpaired) electrons. The molecule has 0 aliphatic carbocycles. The number of likely N-dealkylation sites (N-methyl/N-ethyl adjacent to an activating group) is 1. The second kappa shape index (κ2) is 5.23. The number of rotatable bonds is 4. The van der Waals surface area contributed by atoms with E-state index in [-0.39, 0.29) is 0 Å². The minimum Gasteiger partial charge on any atom is -0.312 e. The quantitative estimate of drug-likeness (QED) is 0.742. The van der Waals surface area contributed by atoms with E-state index in [1.165, 1.54) is 13.0 Å². The van der Waals surface area contributed by atoms with Crippen LogP contribution in [0.2, 0.25) is 0 Å². The molecule has 3 heteroatoms. The van der Waals surface area contributed by atoms with Crippen molar-refractivity contribution in [1.29, 1.82) is 0 Å². The summed E-state index contributed by atoms with van der Waals surface area (Å²) in [5.74, 6) is 0. The molecule has 1 aliphatic heterocycles. The average Bonchev–Trinajstić information content (AvgIpc) is 2.42. The molecule has 0 aromatic carbocycles. The van der Waals surface area contributed by atoms with Crippen LogP contribution in [0.5, 0.6) is 0 Å². The standard InChI is InChI=1S/C10H22N2S/c1-8-5-10(7-12(8)3)11-6-9(2)13-4/h8-11H,5-7H2,1-4H3. The lowest BCUT2D eigenvalue weighted by atomic mass is 10.2. The zero-order valence-electron chi connectivity index (χ0n) is 9.21. The van der Waals surface area contributed by atoms with Gasteiger partial charge in [-0.1, -0.05) is 6.92 Å². The number of nitrogens with zero attached hydrogens (tertiary/aromatic N) is 1. The summed E-state index contributed by atoms with van der Waals surface area (Å²) in [6.07, 6.45) is 3.48. The van der Waals surface area contributed by atoms with Gasteiger partial charge >= 0.3 is 0 Å². The number of hydrogen-bond acceptors (Lipinski definition) is 3. The summed E-state index contributed by atoms with van der Waals surface area (Å²) in [7, 11) is 2.21. The second-order valence-electron chi connectivity index (χ2n) is 4.18. The van der Waals surface area contributed by atoms with Crippen LogP contribution in [0.4, 0.5) is 0 Å². The third kappa shape index (κ3) is 3.49. The lowest BCUT2D eigenvalue weighted by Gasteiger charge is -2.15. The Morgan fingerprint density at radius 3 is 2.77 bits per heavy atom. The first kappa shape index (κ1) is 11.3. The van der Waals surface area contributed by atoms with Crippen molar-refractivity contribution in [3.8, 4) is 0 Å². The van der Waals surface area contributed by atoms with E-state index >= 15 is 0 Å². The highest BCUT2D eigenvalue weighted by Gasteiger charge is 2.25. The van der Waals surface area contributed by atoms with Crippen LogP contribution in [0.3, 0.4) is 0 Å². The molecule has 1 heterocycles. The summed E-state index contributed by atoms with van der Waals surface area (Å²) in [5.41, 5.74) is 0. The molecule has 0 saturated carbocycles. The fraction of sp³-hybridized carbons (Fsp3) is 1.00.